The van der Waals surface area contributed by atoms with Crippen LogP contribution in [0.3, 0.4) is 0 Å². The van der Waals surface area contributed by atoms with Crippen molar-refractivity contribution in [3.8, 4) is 0 Å². The van der Waals surface area contributed by atoms with Gasteiger partial charge in [-0.2, -0.15) is 4.67 Å². The number of hydrogen-bond donors (Lipinski definition) is 0. The molecule has 0 spiro atoms. The van der Waals surface area contributed by atoms with Gasteiger partial charge in [-0.1, -0.05) is 6.92 Å². The van der Waals surface area contributed by atoms with Crippen LogP contribution in [0.2, 0.25) is 0 Å². The Kier molecular flexibility index (Phi) is 8.44. The molecule has 4 nitrogen and oxygen atoms in total. The third kappa shape index (κ3) is 5.53. The molecule has 0 fully saturated rings. The molecule has 0 radical (unpaired) electrons. The van der Waals surface area contributed by atoms with Crippen molar-refractivity contribution < 1.29 is 17.7 Å². The Bertz CT molecular complexity index is 70.3. The highest BCUT2D eigenvalue weighted by molar-refractivity contribution is 9.06. The minimum absolute atomic E-state index is 0.540. The maximum atomic E-state index is 4.69. The first-order valence-electron chi connectivity index (χ1n) is 2.77. The molecule has 0 heterocycles. The molecule has 0 rings (SSSR count). The fourth-order valence-corrected chi connectivity index (χ4v) is 1.03. The lowest BCUT2D eigenvalue weighted by Crippen LogP contribution is -1.92. The van der Waals surface area contributed by atoms with Crippen LogP contribution in [0, 0.1) is 0 Å². The monoisotopic (exact) mass is 232 g/mol. The van der Waals surface area contributed by atoms with E-state index >= 15 is 0 Å². The van der Waals surface area contributed by atoms with Crippen LogP contribution in [-0.4, -0.2) is 13.7 Å². The zero-order valence-electron chi connectivity index (χ0n) is 5.87. The normalized spacial score (nSPS) is 13.5. The van der Waals surface area contributed by atoms with Crippen LogP contribution in [0.4, 0.5) is 0 Å². The first kappa shape index (κ1) is 10.8. The molecular weight excluding hydrogens is 223 g/mol. The van der Waals surface area contributed by atoms with E-state index < -0.39 is 8.60 Å². The number of halogens is 1. The molecule has 0 bridgehead atoms. The molecule has 0 aromatic heterocycles. The standard InChI is InChI=1S/C4H10BrO4P/c1-3-4-7-9-10(6-2)8-5/h3-4H2,1-2H3. The van der Waals surface area contributed by atoms with Gasteiger partial charge in [-0.05, 0) is 6.42 Å². The lowest BCUT2D eigenvalue weighted by molar-refractivity contribution is -0.212. The highest BCUT2D eigenvalue weighted by Crippen LogP contribution is 2.40. The third-order valence-corrected chi connectivity index (χ3v) is 1.95. The van der Waals surface area contributed by atoms with Gasteiger partial charge in [-0.25, -0.2) is 8.50 Å². The van der Waals surface area contributed by atoms with Crippen molar-refractivity contribution in [3.63, 3.8) is 0 Å². The Labute approximate surface area is 70.2 Å². The van der Waals surface area contributed by atoms with Gasteiger partial charge >= 0.3 is 8.60 Å². The Morgan fingerprint density at radius 1 is 1.50 bits per heavy atom. The molecule has 0 aliphatic carbocycles. The molecular formula is C4H10BrO4P. The van der Waals surface area contributed by atoms with Crippen LogP contribution in [0.5, 0.6) is 0 Å². The molecule has 0 saturated heterocycles. The summed E-state index contributed by atoms with van der Waals surface area (Å²) in [5.41, 5.74) is 0. The molecule has 0 amide bonds. The molecule has 1 atom stereocenters. The van der Waals surface area contributed by atoms with Gasteiger partial charge in [0.1, 0.15) is 16.3 Å². The maximum absolute atomic E-state index is 4.69. The summed E-state index contributed by atoms with van der Waals surface area (Å²) < 4.78 is 13.9. The summed E-state index contributed by atoms with van der Waals surface area (Å²) in [6.07, 6.45) is 0.898. The maximum Gasteiger partial charge on any atom is 0.374 e. The lowest BCUT2D eigenvalue weighted by atomic mass is 10.5. The van der Waals surface area contributed by atoms with Gasteiger partial charge in [0, 0.05) is 7.11 Å². The molecule has 0 N–H and O–H groups in total. The summed E-state index contributed by atoms with van der Waals surface area (Å²) in [6.45, 7) is 2.52. The van der Waals surface area contributed by atoms with Crippen LogP contribution in [-0.2, 0) is 17.7 Å². The lowest BCUT2D eigenvalue weighted by Gasteiger charge is -2.07. The molecule has 0 aromatic rings. The largest absolute Gasteiger partial charge is 0.374 e. The topological polar surface area (TPSA) is 36.9 Å². The average molecular weight is 233 g/mol. The quantitative estimate of drug-likeness (QED) is 0.305. The smallest absolute Gasteiger partial charge is 0.313 e. The summed E-state index contributed by atoms with van der Waals surface area (Å²) >= 11 is 2.73. The summed E-state index contributed by atoms with van der Waals surface area (Å²) in [5, 5.41) is 0. The number of hydrogen-bond acceptors (Lipinski definition) is 4. The fraction of sp³-hybridized carbons (Fsp3) is 1.00. The van der Waals surface area contributed by atoms with Gasteiger partial charge in [0.05, 0.1) is 6.61 Å². The second kappa shape index (κ2) is 7.85. The van der Waals surface area contributed by atoms with Crippen LogP contribution in [0.1, 0.15) is 13.3 Å². The van der Waals surface area contributed by atoms with E-state index in [1.54, 1.807) is 0 Å². The Hall–Kier alpha value is 0.750. The van der Waals surface area contributed by atoms with E-state index in [1.807, 2.05) is 6.92 Å². The van der Waals surface area contributed by atoms with Crippen molar-refractivity contribution in [1.29, 1.82) is 0 Å². The molecule has 1 unspecified atom stereocenters. The van der Waals surface area contributed by atoms with Crippen molar-refractivity contribution in [2.24, 2.45) is 0 Å². The van der Waals surface area contributed by atoms with E-state index in [0.29, 0.717) is 6.61 Å². The van der Waals surface area contributed by atoms with Gasteiger partial charge in [-0.3, -0.25) is 0 Å². The highest BCUT2D eigenvalue weighted by Gasteiger charge is 2.08. The molecule has 62 valence electrons. The van der Waals surface area contributed by atoms with Crippen LogP contribution < -0.4 is 0 Å². The Morgan fingerprint density at radius 2 is 2.20 bits per heavy atom. The van der Waals surface area contributed by atoms with Crippen LogP contribution in [0.25, 0.3) is 0 Å². The second-order valence-corrected chi connectivity index (χ2v) is 3.34. The van der Waals surface area contributed by atoms with E-state index in [9.17, 15) is 0 Å². The molecule has 6 heteroatoms. The average Bonchev–Trinajstić information content (AvgIpc) is 1.99. The zero-order chi connectivity index (χ0) is 7.82. The Balaban J connectivity index is 3.09. The molecule has 10 heavy (non-hydrogen) atoms. The minimum atomic E-state index is -1.37. The van der Waals surface area contributed by atoms with Crippen molar-refractivity contribution in [3.05, 3.63) is 0 Å². The van der Waals surface area contributed by atoms with Crippen molar-refractivity contribution >= 4 is 24.9 Å². The molecule has 0 aromatic carbocycles. The predicted octanol–water partition coefficient (Wildman–Crippen LogP) is 2.54. The third-order valence-electron chi connectivity index (χ3n) is 0.606. The van der Waals surface area contributed by atoms with Crippen molar-refractivity contribution in [2.45, 2.75) is 13.3 Å². The van der Waals surface area contributed by atoms with Crippen LogP contribution >= 0.6 is 24.9 Å². The summed E-state index contributed by atoms with van der Waals surface area (Å²) in [6, 6.07) is 0. The second-order valence-electron chi connectivity index (χ2n) is 1.37. The minimum Gasteiger partial charge on any atom is -0.313 e. The van der Waals surface area contributed by atoms with E-state index in [4.69, 9.17) is 4.52 Å². The summed E-state index contributed by atoms with van der Waals surface area (Å²) in [5.74, 6) is 0. The predicted molar refractivity (Wildman–Crippen MR) is 41.3 cm³/mol. The highest BCUT2D eigenvalue weighted by atomic mass is 79.9. The first-order valence-corrected chi connectivity index (χ1v) is 4.52. The Morgan fingerprint density at radius 3 is 2.60 bits per heavy atom. The first-order chi connectivity index (χ1) is 4.85. The van der Waals surface area contributed by atoms with Gasteiger partial charge < -0.3 is 4.52 Å². The molecule has 0 saturated carbocycles. The van der Waals surface area contributed by atoms with Gasteiger partial charge in [0.2, 0.25) is 0 Å². The SMILES string of the molecule is CCCOOP(OC)OBr. The van der Waals surface area contributed by atoms with Gasteiger partial charge in [0.25, 0.3) is 0 Å². The van der Waals surface area contributed by atoms with Gasteiger partial charge in [-0.15, -0.1) is 0 Å². The molecule has 0 aliphatic rings. The number of rotatable bonds is 6. The summed E-state index contributed by atoms with van der Waals surface area (Å²) in [7, 11) is 0.101. The van der Waals surface area contributed by atoms with E-state index in [1.165, 1.54) is 7.11 Å². The van der Waals surface area contributed by atoms with Crippen LogP contribution in [0.15, 0.2) is 0 Å². The fourth-order valence-electron chi connectivity index (χ4n) is 0.234. The van der Waals surface area contributed by atoms with Gasteiger partial charge in [0.15, 0.2) is 0 Å². The van der Waals surface area contributed by atoms with E-state index in [0.717, 1.165) is 6.42 Å². The summed E-state index contributed by atoms with van der Waals surface area (Å²) in [4.78, 5) is 4.68. The molecule has 0 aliphatic heterocycles. The van der Waals surface area contributed by atoms with E-state index in [-0.39, 0.29) is 0 Å². The van der Waals surface area contributed by atoms with Crippen molar-refractivity contribution in [1.82, 2.24) is 0 Å². The zero-order valence-corrected chi connectivity index (χ0v) is 8.35. The van der Waals surface area contributed by atoms with E-state index in [2.05, 4.69) is 29.4 Å². The van der Waals surface area contributed by atoms with Crippen molar-refractivity contribution in [2.75, 3.05) is 13.7 Å².